The minimum absolute atomic E-state index is 0.605. The van der Waals surface area contributed by atoms with Crippen molar-refractivity contribution in [2.24, 2.45) is 0 Å². The van der Waals surface area contributed by atoms with Crippen LogP contribution in [0, 0.1) is 0 Å². The summed E-state index contributed by atoms with van der Waals surface area (Å²) in [6, 6.07) is 7.44. The molecule has 1 unspecified atom stereocenters. The lowest BCUT2D eigenvalue weighted by Crippen LogP contribution is -2.47. The zero-order valence-corrected chi connectivity index (χ0v) is 12.8. The highest BCUT2D eigenvalue weighted by Crippen LogP contribution is 2.29. The van der Waals surface area contributed by atoms with Crippen molar-refractivity contribution in [1.82, 2.24) is 4.90 Å². The van der Waals surface area contributed by atoms with E-state index in [0.717, 1.165) is 37.5 Å². The number of carbonyl (C=O) groups is 1. The van der Waals surface area contributed by atoms with Gasteiger partial charge in [-0.05, 0) is 44.5 Å². The molecule has 0 spiro atoms. The summed E-state index contributed by atoms with van der Waals surface area (Å²) >= 11 is 0. The van der Waals surface area contributed by atoms with Gasteiger partial charge in [0.25, 0.3) is 0 Å². The molecule has 21 heavy (non-hydrogen) atoms. The van der Waals surface area contributed by atoms with E-state index in [1.165, 1.54) is 0 Å². The lowest BCUT2D eigenvalue weighted by atomic mass is 9.90. The molecule has 2 rings (SSSR count). The standard InChI is InChI=1S/C16H24N2O3/c1-3-18-10-5-8-16(9-11-18,15(19)20)17-13-6-4-7-14(12-13)21-2/h4,6-7,12,17H,3,5,8-11H2,1-2H3,(H,19,20). The molecule has 1 atom stereocenters. The van der Waals surface area contributed by atoms with Gasteiger partial charge in [0, 0.05) is 18.3 Å². The SMILES string of the molecule is CCN1CCCC(Nc2cccc(OC)c2)(C(=O)O)CC1. The summed E-state index contributed by atoms with van der Waals surface area (Å²) in [5.74, 6) is -0.0485. The Kier molecular flexibility index (Phi) is 5.07. The molecule has 1 saturated heterocycles. The van der Waals surface area contributed by atoms with E-state index in [-0.39, 0.29) is 0 Å². The van der Waals surface area contributed by atoms with Crippen molar-refractivity contribution in [3.05, 3.63) is 24.3 Å². The summed E-state index contributed by atoms with van der Waals surface area (Å²) < 4.78 is 5.20. The number of ether oxygens (including phenoxy) is 1. The third-order valence-electron chi connectivity index (χ3n) is 4.24. The minimum atomic E-state index is -0.893. The molecule has 1 aromatic rings. The van der Waals surface area contributed by atoms with Gasteiger partial charge in [0.15, 0.2) is 0 Å². The molecule has 116 valence electrons. The molecule has 0 radical (unpaired) electrons. The van der Waals surface area contributed by atoms with Gasteiger partial charge >= 0.3 is 5.97 Å². The molecule has 2 N–H and O–H groups in total. The van der Waals surface area contributed by atoms with Crippen molar-refractivity contribution in [2.75, 3.05) is 32.1 Å². The van der Waals surface area contributed by atoms with Gasteiger partial charge in [-0.3, -0.25) is 0 Å². The van der Waals surface area contributed by atoms with Crippen LogP contribution in [0.2, 0.25) is 0 Å². The molecule has 0 bridgehead atoms. The van der Waals surface area contributed by atoms with E-state index in [9.17, 15) is 9.90 Å². The number of hydrogen-bond donors (Lipinski definition) is 2. The Morgan fingerprint density at radius 2 is 2.24 bits per heavy atom. The van der Waals surface area contributed by atoms with Crippen LogP contribution >= 0.6 is 0 Å². The number of carboxylic acids is 1. The second-order valence-electron chi connectivity index (χ2n) is 5.53. The topological polar surface area (TPSA) is 61.8 Å². The Morgan fingerprint density at radius 3 is 2.90 bits per heavy atom. The highest BCUT2D eigenvalue weighted by atomic mass is 16.5. The first-order valence-corrected chi connectivity index (χ1v) is 7.47. The molecular formula is C16H24N2O3. The third kappa shape index (κ3) is 3.67. The maximum Gasteiger partial charge on any atom is 0.329 e. The van der Waals surface area contributed by atoms with Crippen LogP contribution < -0.4 is 10.1 Å². The van der Waals surface area contributed by atoms with Gasteiger partial charge in [-0.25, -0.2) is 4.79 Å². The Morgan fingerprint density at radius 1 is 1.43 bits per heavy atom. The quantitative estimate of drug-likeness (QED) is 0.873. The molecule has 0 aromatic heterocycles. The molecule has 1 aliphatic rings. The zero-order valence-electron chi connectivity index (χ0n) is 12.8. The molecule has 1 aromatic carbocycles. The van der Waals surface area contributed by atoms with Crippen molar-refractivity contribution >= 4 is 11.7 Å². The number of carboxylic acid groups (broad SMARTS) is 1. The number of anilines is 1. The third-order valence-corrected chi connectivity index (χ3v) is 4.24. The molecule has 0 aliphatic carbocycles. The molecule has 1 fully saturated rings. The number of nitrogens with one attached hydrogen (secondary N) is 1. The van der Waals surface area contributed by atoms with Gasteiger partial charge in [-0.2, -0.15) is 0 Å². The first-order chi connectivity index (χ1) is 10.1. The van der Waals surface area contributed by atoms with Crippen LogP contribution in [0.4, 0.5) is 5.69 Å². The summed E-state index contributed by atoms with van der Waals surface area (Å²) in [5.41, 5.74) is -0.0993. The molecule has 5 heteroatoms. The van der Waals surface area contributed by atoms with Crippen LogP contribution in [0.1, 0.15) is 26.2 Å². The van der Waals surface area contributed by atoms with E-state index in [1.807, 2.05) is 24.3 Å². The first kappa shape index (κ1) is 15.6. The largest absolute Gasteiger partial charge is 0.497 e. The smallest absolute Gasteiger partial charge is 0.329 e. The second-order valence-corrected chi connectivity index (χ2v) is 5.53. The monoisotopic (exact) mass is 292 g/mol. The van der Waals surface area contributed by atoms with E-state index in [1.54, 1.807) is 7.11 Å². The van der Waals surface area contributed by atoms with Crippen LogP contribution in [0.5, 0.6) is 5.75 Å². The van der Waals surface area contributed by atoms with Crippen LogP contribution in [0.3, 0.4) is 0 Å². The van der Waals surface area contributed by atoms with Gasteiger partial charge in [-0.1, -0.05) is 13.0 Å². The summed E-state index contributed by atoms with van der Waals surface area (Å²) in [5, 5.41) is 13.0. The summed E-state index contributed by atoms with van der Waals surface area (Å²) in [4.78, 5) is 14.2. The molecule has 1 heterocycles. The number of nitrogens with zero attached hydrogens (tertiary/aromatic N) is 1. The van der Waals surface area contributed by atoms with Crippen LogP contribution in [0.25, 0.3) is 0 Å². The Bertz CT molecular complexity index is 492. The van der Waals surface area contributed by atoms with E-state index >= 15 is 0 Å². The first-order valence-electron chi connectivity index (χ1n) is 7.47. The fourth-order valence-electron chi connectivity index (χ4n) is 2.88. The summed E-state index contributed by atoms with van der Waals surface area (Å²) in [7, 11) is 1.61. The number of aliphatic carboxylic acids is 1. The average Bonchev–Trinajstić information content (AvgIpc) is 2.70. The fourth-order valence-corrected chi connectivity index (χ4v) is 2.88. The summed E-state index contributed by atoms with van der Waals surface area (Å²) in [6.07, 6.45) is 2.13. The second kappa shape index (κ2) is 6.80. The lowest BCUT2D eigenvalue weighted by Gasteiger charge is -2.30. The Balaban J connectivity index is 2.19. The highest BCUT2D eigenvalue weighted by Gasteiger charge is 2.39. The lowest BCUT2D eigenvalue weighted by molar-refractivity contribution is -0.142. The van der Waals surface area contributed by atoms with Gasteiger partial charge in [0.1, 0.15) is 11.3 Å². The van der Waals surface area contributed by atoms with Crippen molar-refractivity contribution in [3.8, 4) is 5.75 Å². The molecule has 0 amide bonds. The van der Waals surface area contributed by atoms with Gasteiger partial charge < -0.3 is 20.1 Å². The number of methoxy groups -OCH3 is 1. The number of hydrogen-bond acceptors (Lipinski definition) is 4. The van der Waals surface area contributed by atoms with Crippen molar-refractivity contribution < 1.29 is 14.6 Å². The fraction of sp³-hybridized carbons (Fsp3) is 0.562. The van der Waals surface area contributed by atoms with Crippen LogP contribution in [-0.4, -0.2) is 48.3 Å². The molecule has 1 aliphatic heterocycles. The number of benzene rings is 1. The average molecular weight is 292 g/mol. The van der Waals surface area contributed by atoms with Crippen LogP contribution in [0.15, 0.2) is 24.3 Å². The maximum atomic E-state index is 11.9. The Labute approximate surface area is 125 Å². The normalized spacial score (nSPS) is 23.3. The summed E-state index contributed by atoms with van der Waals surface area (Å²) in [6.45, 7) is 4.85. The van der Waals surface area contributed by atoms with Crippen molar-refractivity contribution in [2.45, 2.75) is 31.7 Å². The number of rotatable bonds is 5. The van der Waals surface area contributed by atoms with Gasteiger partial charge in [-0.15, -0.1) is 0 Å². The van der Waals surface area contributed by atoms with Gasteiger partial charge in [0.05, 0.1) is 7.11 Å². The van der Waals surface area contributed by atoms with Crippen molar-refractivity contribution in [1.29, 1.82) is 0 Å². The zero-order chi connectivity index (χ0) is 15.3. The molecule has 0 saturated carbocycles. The molecular weight excluding hydrogens is 268 g/mol. The highest BCUT2D eigenvalue weighted by molar-refractivity contribution is 5.83. The maximum absolute atomic E-state index is 11.9. The predicted octanol–water partition coefficient (Wildman–Crippen LogP) is 2.44. The van der Waals surface area contributed by atoms with Crippen molar-refractivity contribution in [3.63, 3.8) is 0 Å². The van der Waals surface area contributed by atoms with Gasteiger partial charge in [0.2, 0.25) is 0 Å². The van der Waals surface area contributed by atoms with Crippen LogP contribution in [-0.2, 0) is 4.79 Å². The van der Waals surface area contributed by atoms with E-state index in [0.29, 0.717) is 12.8 Å². The minimum Gasteiger partial charge on any atom is -0.497 e. The van der Waals surface area contributed by atoms with E-state index in [4.69, 9.17) is 4.74 Å². The molecule has 5 nitrogen and oxygen atoms in total. The predicted molar refractivity (Wildman–Crippen MR) is 82.9 cm³/mol. The van der Waals surface area contributed by atoms with E-state index in [2.05, 4.69) is 17.1 Å². The Hall–Kier alpha value is -1.75. The van der Waals surface area contributed by atoms with E-state index < -0.39 is 11.5 Å². The number of likely N-dealkylation sites (tertiary alicyclic amines) is 1.